The van der Waals surface area contributed by atoms with Gasteiger partial charge in [-0.15, -0.1) is 0 Å². The Morgan fingerprint density at radius 2 is 2.60 bits per heavy atom. The van der Waals surface area contributed by atoms with E-state index in [9.17, 15) is 0 Å². The lowest BCUT2D eigenvalue weighted by atomic mass is 10.4. The van der Waals surface area contributed by atoms with E-state index in [0.29, 0.717) is 6.54 Å². The lowest BCUT2D eigenvalue weighted by Crippen LogP contribution is -2.41. The number of guanidine groups is 1. The highest BCUT2D eigenvalue weighted by atomic mass is 16.3. The van der Waals surface area contributed by atoms with Gasteiger partial charge in [-0.25, -0.2) is 0 Å². The molecular formula is C6H13N3O. The highest BCUT2D eigenvalue weighted by Gasteiger charge is 2.00. The molecule has 4 heteroatoms. The molecular weight excluding hydrogens is 130 g/mol. The normalized spacial score (nSPS) is 17.5. The highest BCUT2D eigenvalue weighted by Crippen LogP contribution is 1.85. The van der Waals surface area contributed by atoms with Gasteiger partial charge in [0.2, 0.25) is 0 Å². The van der Waals surface area contributed by atoms with Gasteiger partial charge in [-0.2, -0.15) is 0 Å². The Labute approximate surface area is 60.3 Å². The molecule has 0 saturated carbocycles. The van der Waals surface area contributed by atoms with Crippen LogP contribution in [0.25, 0.3) is 0 Å². The van der Waals surface area contributed by atoms with E-state index in [2.05, 4.69) is 15.6 Å². The molecule has 1 rings (SSSR count). The van der Waals surface area contributed by atoms with Gasteiger partial charge in [-0.1, -0.05) is 0 Å². The Balaban J connectivity index is 2.18. The zero-order chi connectivity index (χ0) is 7.23. The van der Waals surface area contributed by atoms with Gasteiger partial charge in [0.1, 0.15) is 0 Å². The van der Waals surface area contributed by atoms with Crippen molar-refractivity contribution >= 4 is 5.96 Å². The molecule has 0 spiro atoms. The predicted molar refractivity (Wildman–Crippen MR) is 40.0 cm³/mol. The number of nitrogens with zero attached hydrogens (tertiary/aromatic N) is 1. The fraction of sp³-hybridized carbons (Fsp3) is 0.833. The fourth-order valence-corrected chi connectivity index (χ4v) is 0.825. The van der Waals surface area contributed by atoms with Crippen molar-refractivity contribution < 1.29 is 5.11 Å². The van der Waals surface area contributed by atoms with Gasteiger partial charge in [0.25, 0.3) is 0 Å². The summed E-state index contributed by atoms with van der Waals surface area (Å²) < 4.78 is 0. The molecule has 0 fully saturated rings. The van der Waals surface area contributed by atoms with Crippen molar-refractivity contribution in [1.82, 2.24) is 10.6 Å². The summed E-state index contributed by atoms with van der Waals surface area (Å²) >= 11 is 0. The number of hydrogen-bond acceptors (Lipinski definition) is 4. The van der Waals surface area contributed by atoms with Crippen molar-refractivity contribution in [2.75, 3.05) is 26.2 Å². The number of nitrogens with one attached hydrogen (secondary N) is 2. The van der Waals surface area contributed by atoms with E-state index in [0.717, 1.165) is 25.5 Å². The highest BCUT2D eigenvalue weighted by molar-refractivity contribution is 5.80. The van der Waals surface area contributed by atoms with Gasteiger partial charge < -0.3 is 15.7 Å². The minimum atomic E-state index is 0.153. The summed E-state index contributed by atoms with van der Waals surface area (Å²) in [7, 11) is 0. The van der Waals surface area contributed by atoms with Crippen LogP contribution in [-0.2, 0) is 0 Å². The molecule has 0 bridgehead atoms. The van der Waals surface area contributed by atoms with Gasteiger partial charge in [0.15, 0.2) is 5.96 Å². The lowest BCUT2D eigenvalue weighted by molar-refractivity contribution is 0.300. The topological polar surface area (TPSA) is 56.6 Å². The van der Waals surface area contributed by atoms with Crippen LogP contribution in [0, 0.1) is 0 Å². The van der Waals surface area contributed by atoms with Crippen LogP contribution < -0.4 is 10.6 Å². The van der Waals surface area contributed by atoms with E-state index in [-0.39, 0.29) is 6.61 Å². The largest absolute Gasteiger partial charge is 0.395 e. The second-order valence-corrected chi connectivity index (χ2v) is 2.16. The molecule has 3 N–H and O–H groups in total. The van der Waals surface area contributed by atoms with Crippen molar-refractivity contribution in [2.24, 2.45) is 4.99 Å². The van der Waals surface area contributed by atoms with Crippen LogP contribution in [0.4, 0.5) is 0 Å². The average molecular weight is 143 g/mol. The van der Waals surface area contributed by atoms with E-state index in [1.165, 1.54) is 0 Å². The number of aliphatic imine (C=N–C) groups is 1. The van der Waals surface area contributed by atoms with Crippen LogP contribution in [0.5, 0.6) is 0 Å². The van der Waals surface area contributed by atoms with Crippen molar-refractivity contribution in [3.05, 3.63) is 0 Å². The minimum absolute atomic E-state index is 0.153. The molecule has 4 nitrogen and oxygen atoms in total. The molecule has 0 aliphatic carbocycles. The van der Waals surface area contributed by atoms with Gasteiger partial charge in [0.05, 0.1) is 6.61 Å². The lowest BCUT2D eigenvalue weighted by Gasteiger charge is -2.14. The summed E-state index contributed by atoms with van der Waals surface area (Å²) in [5.41, 5.74) is 0. The fourth-order valence-electron chi connectivity index (χ4n) is 0.825. The maximum Gasteiger partial charge on any atom is 0.191 e. The maximum absolute atomic E-state index is 8.45. The molecule has 0 radical (unpaired) electrons. The maximum atomic E-state index is 8.45. The third-order valence-electron chi connectivity index (χ3n) is 1.30. The second kappa shape index (κ2) is 4.11. The average Bonchev–Trinajstić information content (AvgIpc) is 2.03. The first-order chi connectivity index (χ1) is 4.93. The second-order valence-electron chi connectivity index (χ2n) is 2.16. The summed E-state index contributed by atoms with van der Waals surface area (Å²) in [6.07, 6.45) is 1.10. The molecule has 58 valence electrons. The number of aliphatic hydroxyl groups excluding tert-OH is 1. The first-order valence-corrected chi connectivity index (χ1v) is 3.56. The van der Waals surface area contributed by atoms with Crippen LogP contribution >= 0.6 is 0 Å². The zero-order valence-electron chi connectivity index (χ0n) is 5.93. The first kappa shape index (κ1) is 7.34. The van der Waals surface area contributed by atoms with Crippen LogP contribution in [0.2, 0.25) is 0 Å². The molecule has 0 saturated heterocycles. The van der Waals surface area contributed by atoms with E-state index >= 15 is 0 Å². The van der Waals surface area contributed by atoms with Crippen LogP contribution in [-0.4, -0.2) is 37.3 Å². The molecule has 0 atom stereocenters. The molecule has 1 aliphatic heterocycles. The van der Waals surface area contributed by atoms with E-state index in [1.807, 2.05) is 0 Å². The van der Waals surface area contributed by atoms with Crippen LogP contribution in [0.3, 0.4) is 0 Å². The summed E-state index contributed by atoms with van der Waals surface area (Å²) in [5, 5.41) is 14.5. The molecule has 0 aromatic carbocycles. The monoisotopic (exact) mass is 143 g/mol. The molecule has 10 heavy (non-hydrogen) atoms. The number of rotatable bonds is 2. The Bertz CT molecular complexity index is 124. The minimum Gasteiger partial charge on any atom is -0.395 e. The summed E-state index contributed by atoms with van der Waals surface area (Å²) in [6, 6.07) is 0. The van der Waals surface area contributed by atoms with Crippen molar-refractivity contribution in [3.8, 4) is 0 Å². The van der Waals surface area contributed by atoms with Gasteiger partial charge in [0, 0.05) is 19.6 Å². The van der Waals surface area contributed by atoms with Crippen LogP contribution in [0.1, 0.15) is 6.42 Å². The molecule has 0 aromatic heterocycles. The Hall–Kier alpha value is -0.770. The third-order valence-corrected chi connectivity index (χ3v) is 1.30. The van der Waals surface area contributed by atoms with E-state index in [1.54, 1.807) is 0 Å². The Morgan fingerprint density at radius 1 is 1.70 bits per heavy atom. The number of hydrogen-bond donors (Lipinski definition) is 3. The first-order valence-electron chi connectivity index (χ1n) is 3.56. The van der Waals surface area contributed by atoms with Gasteiger partial charge >= 0.3 is 0 Å². The summed E-state index contributed by atoms with van der Waals surface area (Å²) in [4.78, 5) is 4.15. The van der Waals surface area contributed by atoms with Gasteiger partial charge in [-0.05, 0) is 6.42 Å². The zero-order valence-corrected chi connectivity index (χ0v) is 5.93. The Kier molecular flexibility index (Phi) is 3.02. The van der Waals surface area contributed by atoms with Crippen LogP contribution in [0.15, 0.2) is 4.99 Å². The smallest absolute Gasteiger partial charge is 0.191 e. The van der Waals surface area contributed by atoms with Crippen molar-refractivity contribution in [1.29, 1.82) is 0 Å². The Morgan fingerprint density at radius 3 is 3.20 bits per heavy atom. The molecule has 1 aliphatic rings. The van der Waals surface area contributed by atoms with Crippen molar-refractivity contribution in [3.63, 3.8) is 0 Å². The molecule has 0 amide bonds. The third kappa shape index (κ3) is 2.23. The number of aliphatic hydroxyl groups is 1. The van der Waals surface area contributed by atoms with Crippen molar-refractivity contribution in [2.45, 2.75) is 6.42 Å². The molecule has 0 aromatic rings. The standard InChI is InChI=1S/C6H13N3O/c10-5-4-9-6-7-2-1-3-8-6/h10H,1-5H2,(H2,7,8,9). The quantitative estimate of drug-likeness (QED) is 0.461. The SMILES string of the molecule is OCCNC1=NCCCN1. The van der Waals surface area contributed by atoms with Gasteiger partial charge in [-0.3, -0.25) is 4.99 Å². The van der Waals surface area contributed by atoms with E-state index < -0.39 is 0 Å². The molecule has 0 unspecified atom stereocenters. The predicted octanol–water partition coefficient (Wildman–Crippen LogP) is -1.08. The molecule has 1 heterocycles. The summed E-state index contributed by atoms with van der Waals surface area (Å²) in [5.74, 6) is 0.820. The van der Waals surface area contributed by atoms with E-state index in [4.69, 9.17) is 5.11 Å². The summed E-state index contributed by atoms with van der Waals surface area (Å²) in [6.45, 7) is 2.60.